The summed E-state index contributed by atoms with van der Waals surface area (Å²) in [5.74, 6) is 0. The van der Waals surface area contributed by atoms with Crippen molar-refractivity contribution in [2.45, 2.75) is 25.9 Å². The van der Waals surface area contributed by atoms with E-state index in [1.165, 1.54) is 6.33 Å². The molecule has 0 saturated carbocycles. The molecule has 0 aliphatic carbocycles. The van der Waals surface area contributed by atoms with E-state index in [2.05, 4.69) is 4.98 Å². The van der Waals surface area contributed by atoms with Gasteiger partial charge in [0.1, 0.15) is 12.1 Å². The summed E-state index contributed by atoms with van der Waals surface area (Å²) in [6.45, 7) is 3.88. The van der Waals surface area contributed by atoms with E-state index in [-0.39, 0.29) is 23.5 Å². The number of imidazole rings is 1. The van der Waals surface area contributed by atoms with Gasteiger partial charge in [-0.3, -0.25) is 0 Å². The number of rotatable bonds is 3. The van der Waals surface area contributed by atoms with Gasteiger partial charge in [0.15, 0.2) is 11.4 Å². The molecule has 5 heteroatoms. The van der Waals surface area contributed by atoms with Crippen LogP contribution in [0.3, 0.4) is 0 Å². The van der Waals surface area contributed by atoms with Crippen molar-refractivity contribution in [3.8, 4) is 12.1 Å². The Morgan fingerprint density at radius 3 is 2.60 bits per heavy atom. The normalized spacial score (nSPS) is 13.2. The number of nitriles is 2. The maximum absolute atomic E-state index is 9.25. The maximum atomic E-state index is 9.25. The first-order valence-electron chi connectivity index (χ1n) is 6.27. The fraction of sp³-hybridized carbons (Fsp3) is 0.267. The molecule has 0 saturated heterocycles. The Bertz CT molecular complexity index is 700. The SMILES string of the molecule is Cc1cccc(C(C(C)N)n2cnc(C#N)c2C#N)c1. The molecule has 2 rings (SSSR count). The molecule has 0 amide bonds. The Hall–Kier alpha value is -2.63. The fourth-order valence-corrected chi connectivity index (χ4v) is 2.34. The number of hydrogen-bond acceptors (Lipinski definition) is 4. The Balaban J connectivity index is 2.59. The second-order valence-electron chi connectivity index (χ2n) is 4.79. The lowest BCUT2D eigenvalue weighted by molar-refractivity contribution is 0.492. The molecule has 5 nitrogen and oxygen atoms in total. The molecule has 1 aromatic heterocycles. The second kappa shape index (κ2) is 5.56. The third-order valence-corrected chi connectivity index (χ3v) is 3.19. The zero-order valence-electron chi connectivity index (χ0n) is 11.4. The average Bonchev–Trinajstić information content (AvgIpc) is 2.81. The van der Waals surface area contributed by atoms with E-state index in [1.54, 1.807) is 4.57 Å². The Kier molecular flexibility index (Phi) is 3.84. The number of benzene rings is 1. The highest BCUT2D eigenvalue weighted by Gasteiger charge is 2.23. The van der Waals surface area contributed by atoms with Gasteiger partial charge in [-0.05, 0) is 19.4 Å². The monoisotopic (exact) mass is 265 g/mol. The molecule has 2 aromatic rings. The smallest absolute Gasteiger partial charge is 0.176 e. The third kappa shape index (κ3) is 2.40. The van der Waals surface area contributed by atoms with E-state index < -0.39 is 0 Å². The molecular weight excluding hydrogens is 250 g/mol. The van der Waals surface area contributed by atoms with Crippen LogP contribution in [0.4, 0.5) is 0 Å². The minimum atomic E-state index is -0.223. The van der Waals surface area contributed by atoms with Gasteiger partial charge in [0.2, 0.25) is 0 Å². The number of hydrogen-bond donors (Lipinski definition) is 1. The predicted molar refractivity (Wildman–Crippen MR) is 74.6 cm³/mol. The molecule has 0 radical (unpaired) electrons. The van der Waals surface area contributed by atoms with Gasteiger partial charge in [-0.15, -0.1) is 0 Å². The van der Waals surface area contributed by atoms with Crippen molar-refractivity contribution in [3.05, 3.63) is 53.1 Å². The zero-order valence-corrected chi connectivity index (χ0v) is 11.4. The minimum absolute atomic E-state index is 0.130. The molecule has 20 heavy (non-hydrogen) atoms. The van der Waals surface area contributed by atoms with Crippen LogP contribution in [0.5, 0.6) is 0 Å². The van der Waals surface area contributed by atoms with Crippen molar-refractivity contribution >= 4 is 0 Å². The van der Waals surface area contributed by atoms with Crippen molar-refractivity contribution < 1.29 is 0 Å². The highest BCUT2D eigenvalue weighted by Crippen LogP contribution is 2.24. The topological polar surface area (TPSA) is 91.4 Å². The van der Waals surface area contributed by atoms with E-state index in [0.717, 1.165) is 11.1 Å². The van der Waals surface area contributed by atoms with Crippen LogP contribution in [0, 0.1) is 29.6 Å². The van der Waals surface area contributed by atoms with E-state index in [9.17, 15) is 5.26 Å². The van der Waals surface area contributed by atoms with Crippen LogP contribution in [0.2, 0.25) is 0 Å². The lowest BCUT2D eigenvalue weighted by Gasteiger charge is -2.23. The summed E-state index contributed by atoms with van der Waals surface area (Å²) in [5, 5.41) is 18.2. The summed E-state index contributed by atoms with van der Waals surface area (Å²) in [6.07, 6.45) is 1.51. The van der Waals surface area contributed by atoms with Gasteiger partial charge in [0.25, 0.3) is 0 Å². The van der Waals surface area contributed by atoms with Gasteiger partial charge < -0.3 is 10.3 Å². The van der Waals surface area contributed by atoms with Crippen LogP contribution >= 0.6 is 0 Å². The molecule has 0 fully saturated rings. The lowest BCUT2D eigenvalue weighted by atomic mass is 9.99. The summed E-state index contributed by atoms with van der Waals surface area (Å²) in [4.78, 5) is 3.98. The Morgan fingerprint density at radius 2 is 2.05 bits per heavy atom. The van der Waals surface area contributed by atoms with Crippen molar-refractivity contribution in [2.24, 2.45) is 5.73 Å². The van der Waals surface area contributed by atoms with Crippen molar-refractivity contribution in [1.29, 1.82) is 10.5 Å². The number of nitrogens with two attached hydrogens (primary N) is 1. The first-order chi connectivity index (χ1) is 9.58. The van der Waals surface area contributed by atoms with Gasteiger partial charge in [-0.25, -0.2) is 4.98 Å². The van der Waals surface area contributed by atoms with Crippen LogP contribution in [0.1, 0.15) is 35.5 Å². The third-order valence-electron chi connectivity index (χ3n) is 3.19. The van der Waals surface area contributed by atoms with Gasteiger partial charge >= 0.3 is 0 Å². The highest BCUT2D eigenvalue weighted by atomic mass is 15.1. The molecule has 2 N–H and O–H groups in total. The fourth-order valence-electron chi connectivity index (χ4n) is 2.34. The molecule has 2 unspecified atom stereocenters. The second-order valence-corrected chi connectivity index (χ2v) is 4.79. The molecule has 0 spiro atoms. The Morgan fingerprint density at radius 1 is 1.30 bits per heavy atom. The first-order valence-corrected chi connectivity index (χ1v) is 6.27. The van der Waals surface area contributed by atoms with Crippen molar-refractivity contribution in [3.63, 3.8) is 0 Å². The van der Waals surface area contributed by atoms with Crippen molar-refractivity contribution in [2.75, 3.05) is 0 Å². The van der Waals surface area contributed by atoms with Gasteiger partial charge in [0.05, 0.1) is 12.4 Å². The standard InChI is InChI=1S/C15H15N5/c1-10-4-3-5-12(6-10)15(11(2)18)20-9-19-13(7-16)14(20)8-17/h3-6,9,11,15H,18H2,1-2H3. The first kappa shape index (κ1) is 13.8. The summed E-state index contributed by atoms with van der Waals surface area (Å²) in [5.41, 5.74) is 8.58. The summed E-state index contributed by atoms with van der Waals surface area (Å²) < 4.78 is 1.68. The summed E-state index contributed by atoms with van der Waals surface area (Å²) >= 11 is 0. The predicted octanol–water partition coefficient (Wildman–Crippen LogP) is 1.87. The number of aryl methyl sites for hydroxylation is 1. The minimum Gasteiger partial charge on any atom is -0.326 e. The lowest BCUT2D eigenvalue weighted by Crippen LogP contribution is -2.30. The largest absolute Gasteiger partial charge is 0.326 e. The molecule has 0 aliphatic rings. The summed E-state index contributed by atoms with van der Waals surface area (Å²) in [7, 11) is 0. The Labute approximate surface area is 117 Å². The van der Waals surface area contributed by atoms with Gasteiger partial charge in [-0.1, -0.05) is 29.8 Å². The van der Waals surface area contributed by atoms with Crippen LogP contribution in [-0.2, 0) is 0 Å². The molecule has 0 aliphatic heterocycles. The van der Waals surface area contributed by atoms with Crippen LogP contribution < -0.4 is 5.73 Å². The van der Waals surface area contributed by atoms with Gasteiger partial charge in [-0.2, -0.15) is 10.5 Å². The maximum Gasteiger partial charge on any atom is 0.176 e. The van der Waals surface area contributed by atoms with Gasteiger partial charge in [0, 0.05) is 6.04 Å². The van der Waals surface area contributed by atoms with Crippen LogP contribution in [-0.4, -0.2) is 15.6 Å². The molecule has 0 bridgehead atoms. The van der Waals surface area contributed by atoms with Crippen molar-refractivity contribution in [1.82, 2.24) is 9.55 Å². The average molecular weight is 265 g/mol. The summed E-state index contributed by atoms with van der Waals surface area (Å²) in [6, 6.07) is 11.5. The van der Waals surface area contributed by atoms with E-state index in [0.29, 0.717) is 0 Å². The number of aromatic nitrogens is 2. The van der Waals surface area contributed by atoms with Crippen LogP contribution in [0.15, 0.2) is 30.6 Å². The molecular formula is C15H15N5. The van der Waals surface area contributed by atoms with E-state index >= 15 is 0 Å². The van der Waals surface area contributed by atoms with Crippen LogP contribution in [0.25, 0.3) is 0 Å². The highest BCUT2D eigenvalue weighted by molar-refractivity contribution is 5.38. The quantitative estimate of drug-likeness (QED) is 0.917. The zero-order chi connectivity index (χ0) is 14.7. The number of nitrogens with zero attached hydrogens (tertiary/aromatic N) is 4. The molecule has 100 valence electrons. The molecule has 1 heterocycles. The molecule has 2 atom stereocenters. The van der Waals surface area contributed by atoms with E-state index in [4.69, 9.17) is 11.0 Å². The van der Waals surface area contributed by atoms with E-state index in [1.807, 2.05) is 50.3 Å². The molecule has 1 aromatic carbocycles.